The molecule has 0 bridgehead atoms. The van der Waals surface area contributed by atoms with E-state index in [1.807, 2.05) is 11.8 Å². The van der Waals surface area contributed by atoms with Crippen LogP contribution in [0.2, 0.25) is 0 Å². The summed E-state index contributed by atoms with van der Waals surface area (Å²) >= 11 is 1.84. The summed E-state index contributed by atoms with van der Waals surface area (Å²) < 4.78 is 0. The van der Waals surface area contributed by atoms with E-state index in [4.69, 9.17) is 0 Å². The van der Waals surface area contributed by atoms with Gasteiger partial charge >= 0.3 is 0 Å². The first kappa shape index (κ1) is 22.9. The molecular weight excluding hydrogens is 326 g/mol. The highest BCUT2D eigenvalue weighted by Crippen LogP contribution is 2.11. The minimum absolute atomic E-state index is 0.0569. The number of rotatable bonds is 14. The van der Waals surface area contributed by atoms with Crippen molar-refractivity contribution in [1.82, 2.24) is 15.5 Å². The maximum absolute atomic E-state index is 12.3. The molecule has 1 atom stereocenters. The molecule has 0 aromatic carbocycles. The van der Waals surface area contributed by atoms with Crippen LogP contribution in [-0.4, -0.2) is 67.7 Å². The van der Waals surface area contributed by atoms with Gasteiger partial charge in [0.15, 0.2) is 0 Å². The van der Waals surface area contributed by atoms with Gasteiger partial charge in [-0.1, -0.05) is 12.8 Å². The number of Topliss-reactive ketones (excluding diaryl/α,β-unsaturated/α-hetero) is 1. The fraction of sp³-hybridized carbons (Fsp3) is 0.824. The summed E-state index contributed by atoms with van der Waals surface area (Å²) in [5.74, 6) is 0.716. The van der Waals surface area contributed by atoms with E-state index >= 15 is 0 Å². The topological polar surface area (TPSA) is 78.5 Å². The van der Waals surface area contributed by atoms with E-state index in [-0.39, 0.29) is 24.0 Å². The van der Waals surface area contributed by atoms with E-state index < -0.39 is 6.04 Å². The van der Waals surface area contributed by atoms with Crippen molar-refractivity contribution in [3.8, 4) is 0 Å². The summed E-state index contributed by atoms with van der Waals surface area (Å²) in [7, 11) is 3.41. The van der Waals surface area contributed by atoms with E-state index in [0.717, 1.165) is 25.0 Å². The molecule has 0 aliphatic carbocycles. The first-order chi connectivity index (χ1) is 11.4. The average Bonchev–Trinajstić information content (AvgIpc) is 2.54. The number of carbonyl (C=O) groups is 3. The first-order valence-electron chi connectivity index (χ1n) is 8.60. The van der Waals surface area contributed by atoms with E-state index in [2.05, 4.69) is 16.9 Å². The Morgan fingerprint density at radius 3 is 2.33 bits per heavy atom. The second kappa shape index (κ2) is 14.3. The molecule has 0 rings (SSSR count). The number of hydrogen-bond donors (Lipinski definition) is 2. The number of likely N-dealkylation sites (N-methyl/N-ethyl adjacent to an activating group) is 2. The third kappa shape index (κ3) is 10.6. The lowest BCUT2D eigenvalue weighted by Crippen LogP contribution is -2.49. The number of carbonyl (C=O) groups excluding carboxylic acids is 3. The van der Waals surface area contributed by atoms with Crippen LogP contribution in [0.25, 0.3) is 0 Å². The van der Waals surface area contributed by atoms with Gasteiger partial charge in [-0.15, -0.1) is 0 Å². The molecule has 0 saturated heterocycles. The molecule has 0 spiro atoms. The van der Waals surface area contributed by atoms with Crippen LogP contribution in [0.5, 0.6) is 0 Å². The quantitative estimate of drug-likeness (QED) is 0.459. The zero-order valence-electron chi connectivity index (χ0n) is 15.5. The number of nitrogens with one attached hydrogen (secondary N) is 2. The summed E-state index contributed by atoms with van der Waals surface area (Å²) in [6.07, 6.45) is 6.72. The van der Waals surface area contributed by atoms with Gasteiger partial charge in [-0.2, -0.15) is 11.8 Å². The monoisotopic (exact) mass is 359 g/mol. The SMILES string of the molecule is CNCCNC(=O)C(CC(C)=O)N(C)C(=O)CCCCCCSC. The van der Waals surface area contributed by atoms with Gasteiger partial charge in [-0.05, 0) is 38.8 Å². The Hall–Kier alpha value is -1.08. The second-order valence-corrected chi connectivity index (χ2v) is 6.96. The van der Waals surface area contributed by atoms with Gasteiger partial charge < -0.3 is 15.5 Å². The first-order valence-corrected chi connectivity index (χ1v) is 9.99. The lowest BCUT2D eigenvalue weighted by atomic mass is 10.1. The average molecular weight is 360 g/mol. The van der Waals surface area contributed by atoms with Crippen LogP contribution < -0.4 is 10.6 Å². The van der Waals surface area contributed by atoms with Crippen molar-refractivity contribution in [2.75, 3.05) is 39.2 Å². The lowest BCUT2D eigenvalue weighted by Gasteiger charge is -2.27. The molecule has 0 heterocycles. The van der Waals surface area contributed by atoms with Crippen LogP contribution in [0.4, 0.5) is 0 Å². The van der Waals surface area contributed by atoms with Crippen LogP contribution in [0.3, 0.4) is 0 Å². The van der Waals surface area contributed by atoms with Gasteiger partial charge in [0.2, 0.25) is 11.8 Å². The Labute approximate surface area is 150 Å². The van der Waals surface area contributed by atoms with Crippen molar-refractivity contribution in [3.63, 3.8) is 0 Å². The second-order valence-electron chi connectivity index (χ2n) is 5.98. The highest BCUT2D eigenvalue weighted by atomic mass is 32.2. The predicted octanol–water partition coefficient (Wildman–Crippen LogP) is 1.44. The minimum Gasteiger partial charge on any atom is -0.353 e. The molecule has 6 nitrogen and oxygen atoms in total. The highest BCUT2D eigenvalue weighted by Gasteiger charge is 2.27. The van der Waals surface area contributed by atoms with Crippen LogP contribution in [-0.2, 0) is 14.4 Å². The normalized spacial score (nSPS) is 11.8. The van der Waals surface area contributed by atoms with Crippen LogP contribution in [0.15, 0.2) is 0 Å². The molecule has 0 radical (unpaired) electrons. The van der Waals surface area contributed by atoms with Crippen LogP contribution in [0, 0.1) is 0 Å². The maximum Gasteiger partial charge on any atom is 0.243 e. The number of unbranched alkanes of at least 4 members (excludes halogenated alkanes) is 3. The molecule has 2 amide bonds. The van der Waals surface area contributed by atoms with Gasteiger partial charge in [0.25, 0.3) is 0 Å². The predicted molar refractivity (Wildman–Crippen MR) is 100 cm³/mol. The van der Waals surface area contributed by atoms with Crippen LogP contribution in [0.1, 0.15) is 45.4 Å². The zero-order valence-corrected chi connectivity index (χ0v) is 16.3. The standard InChI is InChI=1S/C17H33N3O3S/c1-14(21)13-15(17(23)19-11-10-18-2)20(3)16(22)9-7-5-6-8-12-24-4/h15,18H,5-13H2,1-4H3,(H,19,23). The number of nitrogens with zero attached hydrogens (tertiary/aromatic N) is 1. The summed E-state index contributed by atoms with van der Waals surface area (Å²) in [6, 6.07) is -0.719. The number of thioether (sulfide) groups is 1. The molecule has 24 heavy (non-hydrogen) atoms. The fourth-order valence-corrected chi connectivity index (χ4v) is 2.83. The Bertz CT molecular complexity index is 391. The number of ketones is 1. The Balaban J connectivity index is 4.40. The molecule has 0 fully saturated rings. The Kier molecular flexibility index (Phi) is 13.6. The summed E-state index contributed by atoms with van der Waals surface area (Å²) in [6.45, 7) is 2.56. The summed E-state index contributed by atoms with van der Waals surface area (Å²) in [5.41, 5.74) is 0. The van der Waals surface area contributed by atoms with Gasteiger partial charge in [0.1, 0.15) is 11.8 Å². The molecule has 0 aliphatic rings. The molecule has 0 aliphatic heterocycles. The lowest BCUT2D eigenvalue weighted by molar-refractivity contribution is -0.140. The van der Waals surface area contributed by atoms with Crippen molar-refractivity contribution in [1.29, 1.82) is 0 Å². The molecule has 0 aromatic heterocycles. The molecule has 0 saturated carbocycles. The summed E-state index contributed by atoms with van der Waals surface area (Å²) in [5, 5.41) is 5.71. The van der Waals surface area contributed by atoms with E-state index in [1.165, 1.54) is 18.2 Å². The Morgan fingerprint density at radius 2 is 1.75 bits per heavy atom. The smallest absolute Gasteiger partial charge is 0.243 e. The molecular formula is C17H33N3O3S. The largest absolute Gasteiger partial charge is 0.353 e. The molecule has 140 valence electrons. The third-order valence-electron chi connectivity index (χ3n) is 3.81. The summed E-state index contributed by atoms with van der Waals surface area (Å²) in [4.78, 5) is 37.4. The van der Waals surface area contributed by atoms with E-state index in [0.29, 0.717) is 19.5 Å². The van der Waals surface area contributed by atoms with Crippen molar-refractivity contribution >= 4 is 29.4 Å². The molecule has 7 heteroatoms. The van der Waals surface area contributed by atoms with Crippen molar-refractivity contribution in [2.45, 2.75) is 51.5 Å². The third-order valence-corrected chi connectivity index (χ3v) is 4.50. The van der Waals surface area contributed by atoms with Gasteiger partial charge in [-0.25, -0.2) is 0 Å². The van der Waals surface area contributed by atoms with Gasteiger partial charge in [-0.3, -0.25) is 14.4 Å². The number of hydrogen-bond acceptors (Lipinski definition) is 5. The van der Waals surface area contributed by atoms with E-state index in [9.17, 15) is 14.4 Å². The Morgan fingerprint density at radius 1 is 1.08 bits per heavy atom. The number of amides is 2. The van der Waals surface area contributed by atoms with Crippen molar-refractivity contribution < 1.29 is 14.4 Å². The highest BCUT2D eigenvalue weighted by molar-refractivity contribution is 7.98. The molecule has 1 unspecified atom stereocenters. The van der Waals surface area contributed by atoms with E-state index in [1.54, 1.807) is 14.1 Å². The van der Waals surface area contributed by atoms with Gasteiger partial charge in [0.05, 0.1) is 0 Å². The van der Waals surface area contributed by atoms with Crippen LogP contribution >= 0.6 is 11.8 Å². The fourth-order valence-electron chi connectivity index (χ4n) is 2.33. The van der Waals surface area contributed by atoms with Gasteiger partial charge in [0, 0.05) is 33.0 Å². The molecule has 0 aromatic rings. The zero-order chi connectivity index (χ0) is 18.4. The molecule has 2 N–H and O–H groups in total. The van der Waals surface area contributed by atoms with Crippen molar-refractivity contribution in [3.05, 3.63) is 0 Å². The minimum atomic E-state index is -0.719. The maximum atomic E-state index is 12.3. The van der Waals surface area contributed by atoms with Crippen molar-refractivity contribution in [2.24, 2.45) is 0 Å².